The maximum absolute atomic E-state index is 10.3. The van der Waals surface area contributed by atoms with Crippen molar-refractivity contribution in [2.45, 2.75) is 45.6 Å². The molecule has 1 saturated heterocycles. The Kier molecular flexibility index (Phi) is 6.78. The second-order valence-corrected chi connectivity index (χ2v) is 7.69. The zero-order chi connectivity index (χ0) is 18.4. The highest BCUT2D eigenvalue weighted by molar-refractivity contribution is 5.80. The second-order valence-electron chi connectivity index (χ2n) is 7.69. The number of aryl methyl sites for hydroxylation is 1. The number of ether oxygens (including phenoxy) is 1. The van der Waals surface area contributed by atoms with Crippen molar-refractivity contribution in [3.8, 4) is 5.75 Å². The molecule has 3 rings (SSSR count). The van der Waals surface area contributed by atoms with Crippen LogP contribution in [0, 0.1) is 18.8 Å². The highest BCUT2D eigenvalue weighted by Gasteiger charge is 2.35. The van der Waals surface area contributed by atoms with Crippen molar-refractivity contribution in [3.05, 3.63) is 29.8 Å². The molecule has 2 aliphatic rings. The summed E-state index contributed by atoms with van der Waals surface area (Å²) in [5, 5.41) is 13.7. The van der Waals surface area contributed by atoms with E-state index in [0.717, 1.165) is 48.7 Å². The molecule has 0 aromatic heterocycles. The van der Waals surface area contributed by atoms with Gasteiger partial charge in [0.2, 0.25) is 0 Å². The summed E-state index contributed by atoms with van der Waals surface area (Å²) >= 11 is 0. The fraction of sp³-hybridized carbons (Fsp3) is 0.667. The van der Waals surface area contributed by atoms with Gasteiger partial charge in [-0.2, -0.15) is 0 Å². The van der Waals surface area contributed by atoms with Crippen LogP contribution in [0.25, 0.3) is 0 Å². The molecule has 1 saturated carbocycles. The number of hydrogen-bond acceptors (Lipinski definition) is 3. The Bertz CT molecular complexity index is 591. The van der Waals surface area contributed by atoms with E-state index >= 15 is 0 Å². The first kappa shape index (κ1) is 19.0. The minimum Gasteiger partial charge on any atom is -0.491 e. The first-order valence-corrected chi connectivity index (χ1v) is 10.1. The van der Waals surface area contributed by atoms with Crippen molar-refractivity contribution in [1.82, 2.24) is 10.2 Å². The second kappa shape index (κ2) is 9.26. The number of rotatable bonds is 6. The smallest absolute Gasteiger partial charge is 0.194 e. The van der Waals surface area contributed by atoms with Gasteiger partial charge in [-0.3, -0.25) is 4.99 Å². The average Bonchev–Trinajstić information content (AvgIpc) is 3.07. The fourth-order valence-corrected chi connectivity index (χ4v) is 4.15. The molecule has 5 heteroatoms. The number of nitrogens with zero attached hydrogens (tertiary/aromatic N) is 2. The zero-order valence-corrected chi connectivity index (χ0v) is 16.2. The van der Waals surface area contributed by atoms with Crippen LogP contribution in [-0.4, -0.2) is 54.9 Å². The molecule has 2 N–H and O–H groups in total. The molecule has 26 heavy (non-hydrogen) atoms. The van der Waals surface area contributed by atoms with E-state index in [4.69, 9.17) is 4.74 Å². The van der Waals surface area contributed by atoms with Gasteiger partial charge in [0.15, 0.2) is 5.96 Å². The number of hydrogen-bond donors (Lipinski definition) is 2. The van der Waals surface area contributed by atoms with E-state index in [1.54, 1.807) is 0 Å². The molecule has 3 unspecified atom stereocenters. The van der Waals surface area contributed by atoms with Gasteiger partial charge in [0.1, 0.15) is 18.5 Å². The van der Waals surface area contributed by atoms with Gasteiger partial charge >= 0.3 is 0 Å². The van der Waals surface area contributed by atoms with Crippen LogP contribution in [0.4, 0.5) is 0 Å². The molecule has 1 aromatic carbocycles. The topological polar surface area (TPSA) is 57.1 Å². The van der Waals surface area contributed by atoms with Crippen molar-refractivity contribution in [1.29, 1.82) is 0 Å². The lowest BCUT2D eigenvalue weighted by Crippen LogP contribution is -2.41. The molecule has 0 radical (unpaired) electrons. The van der Waals surface area contributed by atoms with E-state index in [1.807, 2.05) is 31.2 Å². The molecule has 5 nitrogen and oxygen atoms in total. The molecule has 1 aliphatic heterocycles. The number of aliphatic hydroxyl groups is 1. The van der Waals surface area contributed by atoms with Crippen LogP contribution in [0.2, 0.25) is 0 Å². The highest BCUT2D eigenvalue weighted by Crippen LogP contribution is 2.35. The highest BCUT2D eigenvalue weighted by atomic mass is 16.5. The molecule has 3 atom stereocenters. The maximum atomic E-state index is 10.3. The van der Waals surface area contributed by atoms with Crippen LogP contribution in [0.1, 0.15) is 38.2 Å². The maximum Gasteiger partial charge on any atom is 0.194 e. The van der Waals surface area contributed by atoms with E-state index in [9.17, 15) is 5.11 Å². The predicted octanol–water partition coefficient (Wildman–Crippen LogP) is 2.82. The van der Waals surface area contributed by atoms with Crippen LogP contribution in [0.3, 0.4) is 0 Å². The van der Waals surface area contributed by atoms with Crippen LogP contribution in [-0.2, 0) is 0 Å². The number of aliphatic hydroxyl groups excluding tert-OH is 1. The van der Waals surface area contributed by atoms with Crippen LogP contribution in [0.15, 0.2) is 29.3 Å². The van der Waals surface area contributed by atoms with Gasteiger partial charge in [-0.05, 0) is 56.2 Å². The summed E-state index contributed by atoms with van der Waals surface area (Å²) in [6.07, 6.45) is 4.85. The van der Waals surface area contributed by atoms with E-state index in [-0.39, 0.29) is 6.61 Å². The molecular weight excluding hydrogens is 326 g/mol. The molecule has 2 fully saturated rings. The van der Waals surface area contributed by atoms with Crippen LogP contribution >= 0.6 is 0 Å². The Morgan fingerprint density at radius 2 is 2.04 bits per heavy atom. The summed E-state index contributed by atoms with van der Waals surface area (Å²) in [5.41, 5.74) is 1.15. The first-order valence-electron chi connectivity index (χ1n) is 10.1. The molecular formula is C21H33N3O2. The zero-order valence-electron chi connectivity index (χ0n) is 16.2. The van der Waals surface area contributed by atoms with Crippen LogP contribution in [0.5, 0.6) is 5.75 Å². The van der Waals surface area contributed by atoms with Gasteiger partial charge in [0, 0.05) is 19.6 Å². The van der Waals surface area contributed by atoms with Crippen molar-refractivity contribution in [2.75, 3.05) is 32.8 Å². The summed E-state index contributed by atoms with van der Waals surface area (Å²) < 4.78 is 5.69. The summed E-state index contributed by atoms with van der Waals surface area (Å²) in [4.78, 5) is 7.07. The lowest BCUT2D eigenvalue weighted by atomic mass is 9.82. The first-order chi connectivity index (χ1) is 12.7. The Balaban J connectivity index is 1.51. The van der Waals surface area contributed by atoms with E-state index in [1.165, 1.54) is 25.7 Å². The van der Waals surface area contributed by atoms with Crippen molar-refractivity contribution < 1.29 is 9.84 Å². The summed E-state index contributed by atoms with van der Waals surface area (Å²) in [6.45, 7) is 7.80. The quantitative estimate of drug-likeness (QED) is 0.606. The van der Waals surface area contributed by atoms with Gasteiger partial charge in [0.25, 0.3) is 0 Å². The lowest BCUT2D eigenvalue weighted by molar-refractivity contribution is 0.114. The van der Waals surface area contributed by atoms with E-state index < -0.39 is 6.10 Å². The fourth-order valence-electron chi connectivity index (χ4n) is 4.15. The Morgan fingerprint density at radius 3 is 2.69 bits per heavy atom. The summed E-state index contributed by atoms with van der Waals surface area (Å²) in [5.74, 6) is 3.38. The minimum absolute atomic E-state index is 0.262. The number of guanidine groups is 1. The lowest BCUT2D eigenvalue weighted by Gasteiger charge is -2.22. The minimum atomic E-state index is -0.603. The third-order valence-corrected chi connectivity index (χ3v) is 5.49. The van der Waals surface area contributed by atoms with E-state index in [2.05, 4.69) is 22.1 Å². The summed E-state index contributed by atoms with van der Waals surface area (Å²) in [7, 11) is 0. The third kappa shape index (κ3) is 5.13. The molecule has 0 amide bonds. The summed E-state index contributed by atoms with van der Waals surface area (Å²) in [6, 6.07) is 7.89. The molecule has 0 spiro atoms. The molecule has 1 aliphatic carbocycles. The molecule has 0 bridgehead atoms. The molecule has 144 valence electrons. The van der Waals surface area contributed by atoms with E-state index in [0.29, 0.717) is 6.54 Å². The average molecular weight is 360 g/mol. The standard InChI is InChI=1S/C21H33N3O2/c1-3-22-21(24-13-17-8-4-5-9-18(17)14-24)23-12-19(25)15-26-20-10-6-7-16(2)11-20/h6-7,10-11,17-19,25H,3-5,8-9,12-15H2,1-2H3,(H,22,23). The molecule has 1 heterocycles. The number of aliphatic imine (C=N–C) groups is 1. The van der Waals surface area contributed by atoms with Gasteiger partial charge in [-0.1, -0.05) is 25.0 Å². The number of nitrogens with one attached hydrogen (secondary N) is 1. The largest absolute Gasteiger partial charge is 0.491 e. The Hall–Kier alpha value is -1.75. The van der Waals surface area contributed by atoms with Gasteiger partial charge in [-0.15, -0.1) is 0 Å². The number of likely N-dealkylation sites (tertiary alicyclic amines) is 1. The Morgan fingerprint density at radius 1 is 1.31 bits per heavy atom. The van der Waals surface area contributed by atoms with Gasteiger partial charge in [0.05, 0.1) is 6.54 Å². The van der Waals surface area contributed by atoms with Crippen molar-refractivity contribution in [2.24, 2.45) is 16.8 Å². The number of benzene rings is 1. The van der Waals surface area contributed by atoms with Crippen molar-refractivity contribution in [3.63, 3.8) is 0 Å². The predicted molar refractivity (Wildman–Crippen MR) is 106 cm³/mol. The van der Waals surface area contributed by atoms with Crippen LogP contribution < -0.4 is 10.1 Å². The van der Waals surface area contributed by atoms with Crippen molar-refractivity contribution >= 4 is 5.96 Å². The van der Waals surface area contributed by atoms with Gasteiger partial charge in [-0.25, -0.2) is 0 Å². The number of fused-ring (bicyclic) bond motifs is 1. The third-order valence-electron chi connectivity index (χ3n) is 5.49. The molecule has 1 aromatic rings. The monoisotopic (exact) mass is 359 g/mol. The Labute approximate surface area is 157 Å². The normalized spacial score (nSPS) is 24.3. The SMILES string of the molecule is CCNC(=NCC(O)COc1cccc(C)c1)N1CC2CCCCC2C1. The van der Waals surface area contributed by atoms with Gasteiger partial charge < -0.3 is 20.1 Å².